The number of allylic oxidation sites excluding steroid dienone is 4. The average molecular weight is 231 g/mol. The zero-order valence-electron chi connectivity index (χ0n) is 11.7. The van der Waals surface area contributed by atoms with E-state index in [0.717, 1.165) is 19.3 Å². The van der Waals surface area contributed by atoms with Crippen molar-refractivity contribution in [1.82, 2.24) is 0 Å². The molecule has 0 bridgehead atoms. The van der Waals surface area contributed by atoms with Crippen LogP contribution in [0.2, 0.25) is 0 Å². The van der Waals surface area contributed by atoms with Gasteiger partial charge in [-0.3, -0.25) is 0 Å². The van der Waals surface area contributed by atoms with E-state index in [0.29, 0.717) is 5.92 Å². The van der Waals surface area contributed by atoms with Gasteiger partial charge in [-0.05, 0) is 46.5 Å². The maximum atomic E-state index is 7.51. The van der Waals surface area contributed by atoms with Gasteiger partial charge in [-0.25, -0.2) is 6.57 Å². The summed E-state index contributed by atoms with van der Waals surface area (Å²) in [5, 5.41) is 0. The van der Waals surface area contributed by atoms with Crippen molar-refractivity contribution in [3.8, 4) is 0 Å². The molecule has 0 fully saturated rings. The van der Waals surface area contributed by atoms with Gasteiger partial charge in [-0.1, -0.05) is 23.3 Å². The Morgan fingerprint density at radius 3 is 2.76 bits per heavy atom. The van der Waals surface area contributed by atoms with Gasteiger partial charge in [0.1, 0.15) is 0 Å². The fourth-order valence-corrected chi connectivity index (χ4v) is 2.53. The third-order valence-corrected chi connectivity index (χ3v) is 3.98. The van der Waals surface area contributed by atoms with E-state index in [-0.39, 0.29) is 5.54 Å². The van der Waals surface area contributed by atoms with Crippen LogP contribution < -0.4 is 0 Å². The largest absolute Gasteiger partial charge is 0.310 e. The second kappa shape index (κ2) is 6.05. The Bertz CT molecular complexity index is 352. The van der Waals surface area contributed by atoms with Crippen LogP contribution in [-0.4, -0.2) is 5.54 Å². The van der Waals surface area contributed by atoms with Gasteiger partial charge in [-0.2, -0.15) is 0 Å². The smallest absolute Gasteiger partial charge is 0.233 e. The quantitative estimate of drug-likeness (QED) is 0.465. The first-order valence-electron chi connectivity index (χ1n) is 6.65. The van der Waals surface area contributed by atoms with Crippen molar-refractivity contribution in [1.29, 1.82) is 0 Å². The fraction of sp³-hybridized carbons (Fsp3) is 0.688. The van der Waals surface area contributed by atoms with Crippen LogP contribution >= 0.6 is 0 Å². The summed E-state index contributed by atoms with van der Waals surface area (Å²) in [6, 6.07) is 0. The standard InChI is InChI=1S/C16H25N/c1-13(2)7-6-12-16(4,17-5)15-10-8-14(3)9-11-15/h7-8,15H,6,9-12H2,1-4H3/t15-,16+/m0/s1. The van der Waals surface area contributed by atoms with Crippen molar-refractivity contribution in [2.75, 3.05) is 0 Å². The van der Waals surface area contributed by atoms with Crippen molar-refractivity contribution < 1.29 is 0 Å². The van der Waals surface area contributed by atoms with Crippen LogP contribution in [0, 0.1) is 12.5 Å². The third-order valence-electron chi connectivity index (χ3n) is 3.98. The third kappa shape index (κ3) is 4.04. The van der Waals surface area contributed by atoms with Crippen molar-refractivity contribution in [3.63, 3.8) is 0 Å². The van der Waals surface area contributed by atoms with Gasteiger partial charge < -0.3 is 4.85 Å². The molecule has 0 radical (unpaired) electrons. The minimum absolute atomic E-state index is 0.164. The zero-order chi connectivity index (χ0) is 12.9. The zero-order valence-corrected chi connectivity index (χ0v) is 11.7. The highest BCUT2D eigenvalue weighted by molar-refractivity contribution is 5.11. The van der Waals surface area contributed by atoms with Crippen LogP contribution in [0.5, 0.6) is 0 Å². The monoisotopic (exact) mass is 231 g/mol. The Morgan fingerprint density at radius 1 is 1.59 bits per heavy atom. The minimum atomic E-state index is -0.164. The Morgan fingerprint density at radius 2 is 2.29 bits per heavy atom. The highest BCUT2D eigenvalue weighted by Crippen LogP contribution is 2.37. The molecule has 0 amide bonds. The summed E-state index contributed by atoms with van der Waals surface area (Å²) in [5.74, 6) is 0.550. The molecule has 0 aromatic carbocycles. The molecule has 1 aliphatic rings. The lowest BCUT2D eigenvalue weighted by Gasteiger charge is -2.29. The second-order valence-electron chi connectivity index (χ2n) is 5.81. The molecule has 0 unspecified atom stereocenters. The molecule has 2 atom stereocenters. The van der Waals surface area contributed by atoms with Crippen molar-refractivity contribution in [2.24, 2.45) is 5.92 Å². The summed E-state index contributed by atoms with van der Waals surface area (Å²) in [6.45, 7) is 16.1. The van der Waals surface area contributed by atoms with E-state index in [4.69, 9.17) is 6.57 Å². The van der Waals surface area contributed by atoms with Crippen LogP contribution in [0.1, 0.15) is 59.8 Å². The van der Waals surface area contributed by atoms with Gasteiger partial charge in [0.25, 0.3) is 0 Å². The SMILES string of the molecule is [C-]#[N+][C@](C)(CCC=C(C)C)[C@H]1CC=C(C)CC1. The molecule has 17 heavy (non-hydrogen) atoms. The molecular weight excluding hydrogens is 206 g/mol. The predicted octanol–water partition coefficient (Wildman–Crippen LogP) is 5.16. The Balaban J connectivity index is 2.63. The Hall–Kier alpha value is -1.03. The summed E-state index contributed by atoms with van der Waals surface area (Å²) < 4.78 is 0. The molecule has 94 valence electrons. The van der Waals surface area contributed by atoms with E-state index < -0.39 is 0 Å². The highest BCUT2D eigenvalue weighted by atomic mass is 14.8. The minimum Gasteiger partial charge on any atom is -0.310 e. The second-order valence-corrected chi connectivity index (χ2v) is 5.81. The van der Waals surface area contributed by atoms with E-state index >= 15 is 0 Å². The molecule has 0 N–H and O–H groups in total. The van der Waals surface area contributed by atoms with E-state index in [1.165, 1.54) is 24.0 Å². The van der Waals surface area contributed by atoms with Crippen molar-refractivity contribution in [3.05, 3.63) is 34.7 Å². The number of hydrogen-bond donors (Lipinski definition) is 0. The molecule has 0 aromatic rings. The van der Waals surface area contributed by atoms with E-state index in [2.05, 4.69) is 44.7 Å². The molecule has 0 spiro atoms. The van der Waals surface area contributed by atoms with Gasteiger partial charge in [0, 0.05) is 19.3 Å². The Kier molecular flexibility index (Phi) is 5.00. The molecular formula is C16H25N. The molecule has 0 saturated carbocycles. The van der Waals surface area contributed by atoms with E-state index in [1.54, 1.807) is 0 Å². The van der Waals surface area contributed by atoms with Crippen LogP contribution in [0.25, 0.3) is 4.85 Å². The van der Waals surface area contributed by atoms with Gasteiger partial charge in [0.2, 0.25) is 5.54 Å². The van der Waals surface area contributed by atoms with Gasteiger partial charge in [0.05, 0.1) is 0 Å². The van der Waals surface area contributed by atoms with Crippen LogP contribution in [0.3, 0.4) is 0 Å². The Labute approximate surface area is 106 Å². The number of hydrogen-bond acceptors (Lipinski definition) is 0. The molecule has 0 saturated heterocycles. The summed E-state index contributed by atoms with van der Waals surface area (Å²) in [4.78, 5) is 3.96. The predicted molar refractivity (Wildman–Crippen MR) is 74.8 cm³/mol. The van der Waals surface area contributed by atoms with Gasteiger partial charge in [0.15, 0.2) is 0 Å². The first kappa shape index (κ1) is 14.0. The average Bonchev–Trinajstić information content (AvgIpc) is 2.29. The molecule has 1 heteroatoms. The molecule has 0 heterocycles. The maximum Gasteiger partial charge on any atom is 0.233 e. The van der Waals surface area contributed by atoms with Crippen LogP contribution in [0.15, 0.2) is 23.3 Å². The van der Waals surface area contributed by atoms with Crippen LogP contribution in [-0.2, 0) is 0 Å². The van der Waals surface area contributed by atoms with E-state index in [1.807, 2.05) is 0 Å². The lowest BCUT2D eigenvalue weighted by molar-refractivity contribution is 0.301. The van der Waals surface area contributed by atoms with Gasteiger partial charge in [-0.15, -0.1) is 0 Å². The topological polar surface area (TPSA) is 4.36 Å². The lowest BCUT2D eigenvalue weighted by atomic mass is 9.74. The van der Waals surface area contributed by atoms with Crippen molar-refractivity contribution in [2.45, 2.75) is 65.3 Å². The number of rotatable bonds is 4. The first-order valence-corrected chi connectivity index (χ1v) is 6.65. The van der Waals surface area contributed by atoms with Gasteiger partial charge >= 0.3 is 0 Å². The summed E-state index contributed by atoms with van der Waals surface area (Å²) in [5.41, 5.74) is 2.69. The van der Waals surface area contributed by atoms with Crippen molar-refractivity contribution >= 4 is 0 Å². The molecule has 1 nitrogen and oxygen atoms in total. The fourth-order valence-electron chi connectivity index (χ4n) is 2.53. The molecule has 0 aliphatic heterocycles. The summed E-state index contributed by atoms with van der Waals surface area (Å²) in [6.07, 6.45) is 10.1. The lowest BCUT2D eigenvalue weighted by Crippen LogP contribution is -2.32. The van der Waals surface area contributed by atoms with Crippen LogP contribution in [0.4, 0.5) is 0 Å². The number of nitrogens with zero attached hydrogens (tertiary/aromatic N) is 1. The first-order chi connectivity index (χ1) is 7.98. The molecule has 1 aliphatic carbocycles. The summed E-state index contributed by atoms with van der Waals surface area (Å²) >= 11 is 0. The normalized spacial score (nSPS) is 23.2. The molecule has 1 rings (SSSR count). The molecule has 0 aromatic heterocycles. The highest BCUT2D eigenvalue weighted by Gasteiger charge is 2.39. The van der Waals surface area contributed by atoms with E-state index in [9.17, 15) is 0 Å². The maximum absolute atomic E-state index is 7.51. The summed E-state index contributed by atoms with van der Waals surface area (Å²) in [7, 11) is 0.